The Morgan fingerprint density at radius 2 is 1.77 bits per heavy atom. The van der Waals surface area contributed by atoms with Crippen LogP contribution >= 0.6 is 19.8 Å². The molecule has 0 bridgehead atoms. The summed E-state index contributed by atoms with van der Waals surface area (Å²) in [6.07, 6.45) is 13.2. The molecule has 1 aliphatic rings. The number of nitrogens with one attached hydrogen (secondary N) is 3. The Morgan fingerprint density at radius 3 is 2.44 bits per heavy atom. The minimum atomic E-state index is -5.45. The monoisotopic (exact) mass is 606 g/mol. The third-order valence-electron chi connectivity index (χ3n) is 7.56. The lowest BCUT2D eigenvalue weighted by Crippen LogP contribution is -2.47. The molecule has 0 aromatic carbocycles. The predicted molar refractivity (Wildman–Crippen MR) is 154 cm³/mol. The van der Waals surface area contributed by atoms with Crippen LogP contribution in [0.2, 0.25) is 0 Å². The topological polar surface area (TPSA) is 214 Å². The van der Waals surface area contributed by atoms with E-state index < -0.39 is 8.29 Å². The molecule has 0 spiro atoms. The molecule has 7 aromatic heterocycles. The van der Waals surface area contributed by atoms with Crippen LogP contribution in [0.1, 0.15) is 17.2 Å². The highest BCUT2D eigenvalue weighted by Gasteiger charge is 2.82. The zero-order valence-corrected chi connectivity index (χ0v) is 23.4. The van der Waals surface area contributed by atoms with E-state index in [1.54, 1.807) is 60.9 Å². The van der Waals surface area contributed by atoms with Crippen molar-refractivity contribution < 1.29 is 0 Å². The summed E-state index contributed by atoms with van der Waals surface area (Å²) >= 11 is 1.17. The van der Waals surface area contributed by atoms with Gasteiger partial charge in [0.1, 0.15) is 26.5 Å². The van der Waals surface area contributed by atoms with Crippen LogP contribution in [-0.4, -0.2) is 80.6 Å². The maximum atomic E-state index is 5.38. The maximum absolute atomic E-state index is 5.45. The molecule has 8 heterocycles. The fourth-order valence-electron chi connectivity index (χ4n) is 6.07. The first-order chi connectivity index (χ1) is 21.3. The van der Waals surface area contributed by atoms with E-state index in [-0.39, 0.29) is 5.82 Å². The van der Waals surface area contributed by atoms with Crippen molar-refractivity contribution in [2.45, 2.75) is 20.2 Å². The zero-order valence-electron chi connectivity index (χ0n) is 21.8. The van der Waals surface area contributed by atoms with Crippen molar-refractivity contribution >= 4 is 35.5 Å². The van der Waals surface area contributed by atoms with E-state index in [1.165, 1.54) is 11.5 Å². The first-order valence-electron chi connectivity index (χ1n) is 12.6. The zero-order chi connectivity index (χ0) is 28.8. The quantitative estimate of drug-likeness (QED) is 0.223. The van der Waals surface area contributed by atoms with Gasteiger partial charge >= 0.3 is 0 Å². The van der Waals surface area contributed by atoms with Crippen LogP contribution in [0.5, 0.6) is 0 Å². The van der Waals surface area contributed by atoms with Crippen LogP contribution < -0.4 is 0 Å². The summed E-state index contributed by atoms with van der Waals surface area (Å²) in [5.41, 5.74) is 1.40. The van der Waals surface area contributed by atoms with E-state index in [9.17, 15) is 0 Å². The van der Waals surface area contributed by atoms with E-state index in [2.05, 4.69) is 55.5 Å². The summed E-state index contributed by atoms with van der Waals surface area (Å²) in [4.78, 5) is 29.1. The first kappa shape index (κ1) is 24.9. The fourth-order valence-corrected chi connectivity index (χ4v) is 14.5. The highest BCUT2D eigenvalue weighted by atomic mass is 32.4. The van der Waals surface area contributed by atoms with Crippen molar-refractivity contribution in [3.05, 3.63) is 109 Å². The van der Waals surface area contributed by atoms with Gasteiger partial charge in [0.25, 0.3) is 0 Å². The average Bonchev–Trinajstić information content (AvgIpc) is 3.92. The van der Waals surface area contributed by atoms with E-state index >= 15 is 0 Å². The van der Waals surface area contributed by atoms with E-state index in [4.69, 9.17) is 25.0 Å². The molecule has 0 fully saturated rings. The second kappa shape index (κ2) is 8.81. The number of H-pyrrole nitrogens is 3. The lowest BCUT2D eigenvalue weighted by Gasteiger charge is -2.72. The van der Waals surface area contributed by atoms with Gasteiger partial charge in [-0.3, -0.25) is 10.1 Å². The lowest BCUT2D eigenvalue weighted by molar-refractivity contribution is 0.837. The second-order valence-electron chi connectivity index (χ2n) is 9.29. The number of rotatable bonds is 7. The van der Waals surface area contributed by atoms with Crippen LogP contribution in [0.4, 0.5) is 0 Å². The predicted octanol–water partition coefficient (Wildman–Crippen LogP) is 2.87. The largest absolute Gasteiger partial charge is 0.361 e. The third-order valence-corrected chi connectivity index (χ3v) is 15.7. The highest BCUT2D eigenvalue weighted by Crippen LogP contribution is 3.12. The highest BCUT2D eigenvalue weighted by molar-refractivity contribution is 8.80. The molecule has 1 aliphatic heterocycles. The fraction of sp³-hybridized carbons (Fsp3) is 0. The van der Waals surface area contributed by atoms with Crippen molar-refractivity contribution in [2.24, 2.45) is 4.99 Å². The molecule has 0 aliphatic carbocycles. The van der Waals surface area contributed by atoms with Gasteiger partial charge in [-0.2, -0.15) is 15.4 Å². The number of hydrogen-bond acceptors (Lipinski definition) is 14. The number of aromatic nitrogens is 15. The van der Waals surface area contributed by atoms with Gasteiger partial charge in [0.05, 0.1) is 21.8 Å². The molecule has 8 rings (SSSR count). The Kier molecular flexibility index (Phi) is 5.10. The molecule has 16 nitrogen and oxygen atoms in total. The Bertz CT molecular complexity index is 1990. The molecule has 3 N–H and O–H groups in total. The summed E-state index contributed by atoms with van der Waals surface area (Å²) in [5.74, 6) is 0.205. The maximum Gasteiger partial charge on any atom is 0.224 e. The molecule has 18 heteroatoms. The summed E-state index contributed by atoms with van der Waals surface area (Å²) in [5, 5.41) is 40.7. The van der Waals surface area contributed by atoms with Gasteiger partial charge in [0.2, 0.25) is 5.82 Å². The van der Waals surface area contributed by atoms with Crippen LogP contribution in [0.3, 0.4) is 0 Å². The molecule has 0 amide bonds. The molecule has 43 heavy (non-hydrogen) atoms. The molecule has 0 saturated heterocycles. The number of tetrazole rings is 1. The molecular formula is C25H18N16S2. The van der Waals surface area contributed by atoms with Crippen molar-refractivity contribution in [3.8, 4) is 0 Å². The van der Waals surface area contributed by atoms with Crippen molar-refractivity contribution in [1.29, 1.82) is 0 Å². The average molecular weight is 607 g/mol. The van der Waals surface area contributed by atoms with Crippen LogP contribution in [0.25, 0.3) is 10.6 Å². The van der Waals surface area contributed by atoms with Gasteiger partial charge < -0.3 is 4.98 Å². The van der Waals surface area contributed by atoms with Crippen molar-refractivity contribution in [3.63, 3.8) is 0 Å². The summed E-state index contributed by atoms with van der Waals surface area (Å²) < 4.78 is 4.25. The molecule has 0 saturated carbocycles. The first-order valence-corrected chi connectivity index (χ1v) is 15.9. The van der Waals surface area contributed by atoms with Gasteiger partial charge in [-0.1, -0.05) is 12.8 Å². The van der Waals surface area contributed by atoms with Gasteiger partial charge in [-0.25, -0.2) is 19.9 Å². The number of aliphatic imine (C=N–C) groups is 1. The molecule has 0 atom stereocenters. The minimum absolute atomic E-state index is 0.205. The van der Waals surface area contributed by atoms with E-state index in [1.807, 2.05) is 30.5 Å². The smallest absolute Gasteiger partial charge is 0.224 e. The van der Waals surface area contributed by atoms with Crippen LogP contribution in [0, 0.1) is 0 Å². The van der Waals surface area contributed by atoms with Crippen LogP contribution in [-0.2, 0) is 0 Å². The van der Waals surface area contributed by atoms with Crippen molar-refractivity contribution in [2.75, 3.05) is 0 Å². The second-order valence-corrected chi connectivity index (χ2v) is 15.4. The van der Waals surface area contributed by atoms with Gasteiger partial charge in [-0.05, 0) is 53.1 Å². The summed E-state index contributed by atoms with van der Waals surface area (Å²) in [6.45, 7) is 0. The van der Waals surface area contributed by atoms with Gasteiger partial charge in [-0.15, -0.1) is 20.4 Å². The Morgan fingerprint density at radius 1 is 0.814 bits per heavy atom. The minimum Gasteiger partial charge on any atom is -0.361 e. The lowest BCUT2D eigenvalue weighted by atomic mass is 10.3. The summed E-state index contributed by atoms with van der Waals surface area (Å²) in [6, 6.07) is 11.0. The normalized spacial score (nSPS) is 18.3. The SMILES string of the molecule is c1cnc(S2(c3cnccn3)(c3cccnn3)(c3ccn[nH]3)C(c3csnn3)=NC(c3nn[nH]n3)=C2c2ccc[nH]2)nc1. The van der Waals surface area contributed by atoms with E-state index in [0.717, 1.165) is 0 Å². The number of aromatic amines is 3. The number of nitrogens with zero attached hydrogens (tertiary/aromatic N) is 13. The van der Waals surface area contributed by atoms with Gasteiger partial charge in [0.15, 0.2) is 5.16 Å². The number of hydrogen-bond donors (Lipinski definition) is 3. The third kappa shape index (κ3) is 2.64. The Hall–Kier alpha value is -5.88. The Balaban J connectivity index is 1.85. The van der Waals surface area contributed by atoms with Gasteiger partial charge in [0, 0.05) is 48.8 Å². The summed E-state index contributed by atoms with van der Waals surface area (Å²) in [7, 11) is -5.45. The van der Waals surface area contributed by atoms with Crippen molar-refractivity contribution in [1.82, 2.24) is 75.5 Å². The molecule has 0 unspecified atom stereocenters. The standard InChI is InChI=1S/C25H18N16S2/c1-4-16(27-7-1)22-21(23-37-39-40-38-23)33-24(17-15-42-41-34-17)43(22,19-6-11-32-36-19,18-5-2-10-31-35-18,20-14-26-12-13-28-20)25-29-8-3-9-30-25/h1-15,27H,(H,32,36)(H,37,38,39,40). The molecular weight excluding hydrogens is 589 g/mol. The Labute approximate surface area is 244 Å². The molecule has 7 aromatic rings. The molecule has 210 valence electrons. The van der Waals surface area contributed by atoms with Crippen LogP contribution in [0.15, 0.2) is 117 Å². The molecule has 0 radical (unpaired) electrons. The van der Waals surface area contributed by atoms with E-state index in [0.29, 0.717) is 47.3 Å².